The first-order chi connectivity index (χ1) is 7.29. The van der Waals surface area contributed by atoms with Gasteiger partial charge in [-0.05, 0) is 31.6 Å². The van der Waals surface area contributed by atoms with Gasteiger partial charge in [0.15, 0.2) is 0 Å². The van der Waals surface area contributed by atoms with Gasteiger partial charge in [-0.15, -0.1) is 0 Å². The van der Waals surface area contributed by atoms with Crippen LogP contribution in [-0.2, 0) is 14.6 Å². The molecule has 0 spiro atoms. The lowest BCUT2D eigenvalue weighted by Crippen LogP contribution is -2.30. The highest BCUT2D eigenvalue weighted by Crippen LogP contribution is 2.46. The fraction of sp³-hybridized carbons (Fsp3) is 0.909. The molecule has 0 bridgehead atoms. The van der Waals surface area contributed by atoms with E-state index in [0.717, 1.165) is 19.1 Å². The Labute approximate surface area is 97.0 Å². The largest absolute Gasteiger partial charge is 0.481 e. The van der Waals surface area contributed by atoms with Gasteiger partial charge >= 0.3 is 5.97 Å². The molecule has 2 unspecified atom stereocenters. The lowest BCUT2D eigenvalue weighted by Gasteiger charge is -2.23. The normalized spacial score (nSPS) is 30.5. The topological polar surface area (TPSA) is 71.4 Å². The lowest BCUT2D eigenvalue weighted by atomic mass is 9.82. The first kappa shape index (κ1) is 13.5. The van der Waals surface area contributed by atoms with Crippen molar-refractivity contribution in [2.75, 3.05) is 12.0 Å². The van der Waals surface area contributed by atoms with Crippen LogP contribution in [0.2, 0.25) is 0 Å². The van der Waals surface area contributed by atoms with Gasteiger partial charge in [0.2, 0.25) is 0 Å². The minimum absolute atomic E-state index is 0.0181. The van der Waals surface area contributed by atoms with E-state index in [1.165, 1.54) is 0 Å². The molecule has 1 aliphatic carbocycles. The smallest absolute Gasteiger partial charge is 0.309 e. The van der Waals surface area contributed by atoms with E-state index in [0.29, 0.717) is 18.8 Å². The number of carboxylic acid groups (broad SMARTS) is 1. The number of sulfone groups is 1. The predicted octanol–water partition coefficient (Wildman–Crippen LogP) is 1.70. The van der Waals surface area contributed by atoms with Crippen LogP contribution in [0.3, 0.4) is 0 Å². The summed E-state index contributed by atoms with van der Waals surface area (Å²) in [5.41, 5.74) is -0.788. The third-order valence-corrected chi connectivity index (χ3v) is 4.64. The highest BCUT2D eigenvalue weighted by atomic mass is 32.2. The molecule has 1 saturated carbocycles. The molecule has 0 amide bonds. The zero-order valence-corrected chi connectivity index (χ0v) is 10.7. The molecule has 0 aliphatic heterocycles. The van der Waals surface area contributed by atoms with Crippen molar-refractivity contribution in [2.45, 2.75) is 39.0 Å². The molecule has 16 heavy (non-hydrogen) atoms. The summed E-state index contributed by atoms with van der Waals surface area (Å²) in [5.74, 6) is -0.404. The SMILES string of the molecule is CCC1CCC(CCS(C)(=O)=O)(C(=O)O)C1. The molecule has 94 valence electrons. The summed E-state index contributed by atoms with van der Waals surface area (Å²) >= 11 is 0. The average Bonchev–Trinajstić information content (AvgIpc) is 2.58. The van der Waals surface area contributed by atoms with Gasteiger partial charge in [0.1, 0.15) is 9.84 Å². The van der Waals surface area contributed by atoms with Crippen LogP contribution >= 0.6 is 0 Å². The maximum absolute atomic E-state index is 11.3. The first-order valence-electron chi connectivity index (χ1n) is 5.70. The summed E-state index contributed by atoms with van der Waals surface area (Å²) in [6.07, 6.45) is 4.57. The summed E-state index contributed by atoms with van der Waals surface area (Å²) in [6, 6.07) is 0. The first-order valence-corrected chi connectivity index (χ1v) is 7.76. The van der Waals surface area contributed by atoms with Gasteiger partial charge in [-0.2, -0.15) is 0 Å². The van der Waals surface area contributed by atoms with Crippen molar-refractivity contribution in [3.8, 4) is 0 Å². The molecule has 0 heterocycles. The van der Waals surface area contributed by atoms with Gasteiger partial charge in [-0.3, -0.25) is 4.79 Å². The Hall–Kier alpha value is -0.580. The van der Waals surface area contributed by atoms with Crippen LogP contribution in [0.1, 0.15) is 39.0 Å². The van der Waals surface area contributed by atoms with Crippen molar-refractivity contribution < 1.29 is 18.3 Å². The molecule has 0 aromatic heterocycles. The quantitative estimate of drug-likeness (QED) is 0.804. The van der Waals surface area contributed by atoms with Crippen molar-refractivity contribution in [3.05, 3.63) is 0 Å². The van der Waals surface area contributed by atoms with E-state index in [-0.39, 0.29) is 12.2 Å². The Morgan fingerprint density at radius 1 is 1.50 bits per heavy atom. The predicted molar refractivity (Wildman–Crippen MR) is 62.0 cm³/mol. The van der Waals surface area contributed by atoms with Crippen LogP contribution in [0, 0.1) is 11.3 Å². The standard InChI is InChI=1S/C11H20O4S/c1-3-9-4-5-11(8-9,10(12)13)6-7-16(2,14)15/h9H,3-8H2,1-2H3,(H,12,13). The van der Waals surface area contributed by atoms with Crippen LogP contribution in [0.25, 0.3) is 0 Å². The van der Waals surface area contributed by atoms with Crippen LogP contribution in [-0.4, -0.2) is 31.5 Å². The summed E-state index contributed by atoms with van der Waals surface area (Å²) in [4.78, 5) is 11.3. The third-order valence-electron chi connectivity index (χ3n) is 3.69. The molecule has 0 aromatic rings. The van der Waals surface area contributed by atoms with E-state index >= 15 is 0 Å². The van der Waals surface area contributed by atoms with Crippen molar-refractivity contribution >= 4 is 15.8 Å². The summed E-state index contributed by atoms with van der Waals surface area (Å²) in [7, 11) is -3.07. The molecule has 1 fully saturated rings. The number of aliphatic carboxylic acids is 1. The fourth-order valence-electron chi connectivity index (χ4n) is 2.49. The highest BCUT2D eigenvalue weighted by Gasteiger charge is 2.44. The second-order valence-electron chi connectivity index (χ2n) is 4.98. The zero-order chi connectivity index (χ0) is 12.4. The molecular weight excluding hydrogens is 228 g/mol. The molecular formula is C11H20O4S. The van der Waals surface area contributed by atoms with Crippen LogP contribution in [0.15, 0.2) is 0 Å². The Kier molecular flexibility index (Phi) is 3.99. The number of rotatable bonds is 5. The molecule has 1 aliphatic rings. The fourth-order valence-corrected chi connectivity index (χ4v) is 3.26. The van der Waals surface area contributed by atoms with Crippen molar-refractivity contribution in [3.63, 3.8) is 0 Å². The Morgan fingerprint density at radius 3 is 2.50 bits per heavy atom. The molecule has 1 rings (SSSR count). The number of hydrogen-bond donors (Lipinski definition) is 1. The maximum atomic E-state index is 11.3. The van der Waals surface area contributed by atoms with E-state index in [2.05, 4.69) is 6.92 Å². The van der Waals surface area contributed by atoms with Gasteiger partial charge in [-0.25, -0.2) is 8.42 Å². The van der Waals surface area contributed by atoms with Crippen molar-refractivity contribution in [1.29, 1.82) is 0 Å². The van der Waals surface area contributed by atoms with Crippen LogP contribution < -0.4 is 0 Å². The van der Waals surface area contributed by atoms with E-state index in [1.54, 1.807) is 0 Å². The summed E-state index contributed by atoms with van der Waals surface area (Å²) < 4.78 is 22.2. The second-order valence-corrected chi connectivity index (χ2v) is 7.24. The maximum Gasteiger partial charge on any atom is 0.309 e. The number of hydrogen-bond acceptors (Lipinski definition) is 3. The molecule has 0 saturated heterocycles. The monoisotopic (exact) mass is 248 g/mol. The average molecular weight is 248 g/mol. The van der Waals surface area contributed by atoms with Crippen LogP contribution in [0.5, 0.6) is 0 Å². The summed E-state index contributed by atoms with van der Waals surface area (Å²) in [6.45, 7) is 2.05. The highest BCUT2D eigenvalue weighted by molar-refractivity contribution is 7.90. The van der Waals surface area contributed by atoms with Crippen molar-refractivity contribution in [2.24, 2.45) is 11.3 Å². The Bertz CT molecular complexity index is 360. The molecule has 2 atom stereocenters. The third kappa shape index (κ3) is 3.20. The van der Waals surface area contributed by atoms with E-state index in [9.17, 15) is 18.3 Å². The molecule has 5 heteroatoms. The van der Waals surface area contributed by atoms with E-state index in [1.807, 2.05) is 0 Å². The van der Waals surface area contributed by atoms with E-state index < -0.39 is 21.2 Å². The minimum atomic E-state index is -3.07. The molecule has 0 radical (unpaired) electrons. The van der Waals surface area contributed by atoms with Crippen molar-refractivity contribution in [1.82, 2.24) is 0 Å². The summed E-state index contributed by atoms with van der Waals surface area (Å²) in [5, 5.41) is 9.28. The Balaban J connectivity index is 2.72. The zero-order valence-electron chi connectivity index (χ0n) is 9.90. The van der Waals surface area contributed by atoms with Crippen LogP contribution in [0.4, 0.5) is 0 Å². The molecule has 4 nitrogen and oxygen atoms in total. The minimum Gasteiger partial charge on any atom is -0.481 e. The van der Waals surface area contributed by atoms with Gasteiger partial charge in [-0.1, -0.05) is 13.3 Å². The molecule has 1 N–H and O–H groups in total. The second kappa shape index (κ2) is 4.73. The molecule has 0 aromatic carbocycles. The van der Waals surface area contributed by atoms with Gasteiger partial charge in [0.25, 0.3) is 0 Å². The number of carboxylic acids is 1. The van der Waals surface area contributed by atoms with Gasteiger partial charge in [0.05, 0.1) is 11.2 Å². The van der Waals surface area contributed by atoms with Gasteiger partial charge < -0.3 is 5.11 Å². The number of carbonyl (C=O) groups is 1. The van der Waals surface area contributed by atoms with Gasteiger partial charge in [0, 0.05) is 6.26 Å². The Morgan fingerprint density at radius 2 is 2.12 bits per heavy atom. The lowest BCUT2D eigenvalue weighted by molar-refractivity contribution is -0.149. The van der Waals surface area contributed by atoms with E-state index in [4.69, 9.17) is 0 Å².